The van der Waals surface area contributed by atoms with Crippen LogP contribution in [0.25, 0.3) is 0 Å². The maximum absolute atomic E-state index is 11.4. The summed E-state index contributed by atoms with van der Waals surface area (Å²) in [5, 5.41) is 0. The lowest BCUT2D eigenvalue weighted by Crippen LogP contribution is -2.50. The Morgan fingerprint density at radius 3 is 2.25 bits per heavy atom. The molecule has 1 aliphatic rings. The number of anilines is 1. The van der Waals surface area contributed by atoms with Crippen molar-refractivity contribution in [3.8, 4) is 5.75 Å². The Labute approximate surface area is 93.9 Å². The van der Waals surface area contributed by atoms with Crippen molar-refractivity contribution in [3.05, 3.63) is 20.4 Å². The molecule has 1 saturated heterocycles. The van der Waals surface area contributed by atoms with Crippen LogP contribution in [0.15, 0.2) is 9.59 Å². The van der Waals surface area contributed by atoms with E-state index < -0.39 is 10.9 Å². The summed E-state index contributed by atoms with van der Waals surface area (Å²) in [7, 11) is 1.43. The van der Waals surface area contributed by atoms with Gasteiger partial charge in [-0.3, -0.25) is 9.59 Å². The summed E-state index contributed by atoms with van der Waals surface area (Å²) in [6, 6.07) is 0. The molecule has 1 aliphatic heterocycles. The molecule has 16 heavy (non-hydrogen) atoms. The number of hydrogen-bond donors (Lipinski definition) is 0. The average Bonchev–Trinajstić information content (AvgIpc) is 2.34. The zero-order valence-electron chi connectivity index (χ0n) is 9.65. The quantitative estimate of drug-likeness (QED) is 0.644. The van der Waals surface area contributed by atoms with E-state index in [0.717, 1.165) is 32.7 Å². The predicted molar refractivity (Wildman–Crippen MR) is 62.2 cm³/mol. The normalized spacial score (nSPS) is 18.0. The second-order valence-corrected chi connectivity index (χ2v) is 3.96. The molecule has 5 nitrogen and oxygen atoms in total. The molecule has 0 atom stereocenters. The van der Waals surface area contributed by atoms with Crippen LogP contribution < -0.4 is 20.5 Å². The zero-order valence-corrected chi connectivity index (χ0v) is 9.65. The fourth-order valence-corrected chi connectivity index (χ4v) is 2.12. The molecule has 1 heterocycles. The number of piperazine rings is 1. The van der Waals surface area contributed by atoms with Gasteiger partial charge in [-0.15, -0.1) is 0 Å². The highest BCUT2D eigenvalue weighted by molar-refractivity contribution is 5.63. The predicted octanol–water partition coefficient (Wildman–Crippen LogP) is -0.567. The van der Waals surface area contributed by atoms with Crippen LogP contribution in [0.5, 0.6) is 5.75 Å². The van der Waals surface area contributed by atoms with Gasteiger partial charge in [-0.1, -0.05) is 6.92 Å². The molecule has 0 aliphatic carbocycles. The van der Waals surface area contributed by atoms with Gasteiger partial charge < -0.3 is 14.5 Å². The van der Waals surface area contributed by atoms with E-state index in [2.05, 4.69) is 11.8 Å². The van der Waals surface area contributed by atoms with E-state index in [1.165, 1.54) is 7.11 Å². The van der Waals surface area contributed by atoms with E-state index in [1.54, 1.807) is 0 Å². The Hall–Kier alpha value is -1.36. The second-order valence-electron chi connectivity index (χ2n) is 3.96. The van der Waals surface area contributed by atoms with E-state index >= 15 is 0 Å². The van der Waals surface area contributed by atoms with Crippen molar-refractivity contribution < 1.29 is 4.74 Å². The molecule has 0 N–H and O–H groups in total. The molecule has 88 valence electrons. The van der Waals surface area contributed by atoms with Crippen molar-refractivity contribution >= 4 is 5.69 Å². The molecule has 0 bridgehead atoms. The maximum Gasteiger partial charge on any atom is 0.272 e. The lowest BCUT2D eigenvalue weighted by Gasteiger charge is -2.36. The molecular formula is C11H16N2O3. The van der Waals surface area contributed by atoms with Gasteiger partial charge in [0.1, 0.15) is 5.69 Å². The van der Waals surface area contributed by atoms with Gasteiger partial charge in [0, 0.05) is 26.2 Å². The number of nitrogens with zero attached hydrogens (tertiary/aromatic N) is 2. The Bertz CT molecular complexity index is 440. The zero-order chi connectivity index (χ0) is 11.7. The first kappa shape index (κ1) is 11.1. The van der Waals surface area contributed by atoms with Crippen LogP contribution in [0.3, 0.4) is 0 Å². The Morgan fingerprint density at radius 2 is 1.75 bits per heavy atom. The summed E-state index contributed by atoms with van der Waals surface area (Å²) in [6.07, 6.45) is 0. The first-order chi connectivity index (χ1) is 7.69. The highest BCUT2D eigenvalue weighted by Gasteiger charge is 2.28. The van der Waals surface area contributed by atoms with Crippen molar-refractivity contribution in [1.29, 1.82) is 0 Å². The van der Waals surface area contributed by atoms with Crippen molar-refractivity contribution in [2.75, 3.05) is 44.7 Å². The third-order valence-corrected chi connectivity index (χ3v) is 3.18. The molecule has 1 aromatic carbocycles. The van der Waals surface area contributed by atoms with Gasteiger partial charge in [0.15, 0.2) is 5.75 Å². The monoisotopic (exact) mass is 224 g/mol. The fraction of sp³-hybridized carbons (Fsp3) is 0.636. The van der Waals surface area contributed by atoms with Crippen molar-refractivity contribution in [1.82, 2.24) is 4.90 Å². The largest absolute Gasteiger partial charge is 0.491 e. The Morgan fingerprint density at radius 1 is 1.12 bits per heavy atom. The minimum absolute atomic E-state index is 0.231. The summed E-state index contributed by atoms with van der Waals surface area (Å²) in [5.74, 6) is 0.231. The first-order valence-electron chi connectivity index (χ1n) is 5.53. The molecule has 1 aromatic rings. The van der Waals surface area contributed by atoms with Gasteiger partial charge in [0.25, 0.3) is 10.9 Å². The number of ether oxygens (including phenoxy) is 1. The van der Waals surface area contributed by atoms with Crippen LogP contribution in [-0.2, 0) is 0 Å². The van der Waals surface area contributed by atoms with Crippen molar-refractivity contribution in [2.45, 2.75) is 6.92 Å². The smallest absolute Gasteiger partial charge is 0.272 e. The molecule has 0 unspecified atom stereocenters. The van der Waals surface area contributed by atoms with Crippen molar-refractivity contribution in [2.24, 2.45) is 0 Å². The van der Waals surface area contributed by atoms with Gasteiger partial charge in [0.2, 0.25) is 0 Å². The van der Waals surface area contributed by atoms with Crippen molar-refractivity contribution in [3.63, 3.8) is 0 Å². The van der Waals surface area contributed by atoms with Crippen LogP contribution in [0.1, 0.15) is 6.92 Å². The van der Waals surface area contributed by atoms with Gasteiger partial charge in [-0.05, 0) is 6.54 Å². The van der Waals surface area contributed by atoms with E-state index in [-0.39, 0.29) is 5.75 Å². The molecule has 5 heteroatoms. The minimum atomic E-state index is -0.490. The molecule has 0 amide bonds. The van der Waals surface area contributed by atoms with Gasteiger partial charge >= 0.3 is 0 Å². The topological polar surface area (TPSA) is 49.9 Å². The molecule has 0 aromatic heterocycles. The average molecular weight is 224 g/mol. The minimum Gasteiger partial charge on any atom is -0.491 e. The summed E-state index contributed by atoms with van der Waals surface area (Å²) in [6.45, 7) is 6.57. The van der Waals surface area contributed by atoms with Crippen LogP contribution in [0.2, 0.25) is 0 Å². The highest BCUT2D eigenvalue weighted by atomic mass is 16.5. The van der Waals surface area contributed by atoms with E-state index in [0.29, 0.717) is 5.69 Å². The molecule has 0 spiro atoms. The van der Waals surface area contributed by atoms with Gasteiger partial charge in [-0.2, -0.15) is 0 Å². The molecule has 0 saturated carbocycles. The molecule has 0 radical (unpaired) electrons. The first-order valence-corrected chi connectivity index (χ1v) is 5.53. The van der Waals surface area contributed by atoms with Gasteiger partial charge in [0.05, 0.1) is 7.11 Å². The Kier molecular flexibility index (Phi) is 2.96. The molecule has 2 rings (SSSR count). The third-order valence-electron chi connectivity index (χ3n) is 3.18. The van der Waals surface area contributed by atoms with Crippen LogP contribution in [0, 0.1) is 0 Å². The van der Waals surface area contributed by atoms with E-state index in [1.807, 2.05) is 4.90 Å². The van der Waals surface area contributed by atoms with Gasteiger partial charge in [-0.25, -0.2) is 0 Å². The fourth-order valence-electron chi connectivity index (χ4n) is 2.12. The lowest BCUT2D eigenvalue weighted by molar-refractivity contribution is 0.269. The Balaban J connectivity index is 2.12. The molecule has 1 fully saturated rings. The SMILES string of the molecule is CCN1CCN(c2c(OC)c(=O)c2=O)CC1. The number of hydrogen-bond acceptors (Lipinski definition) is 5. The number of likely N-dealkylation sites (N-methyl/N-ethyl adjacent to an activating group) is 1. The van der Waals surface area contributed by atoms with E-state index in [9.17, 15) is 9.59 Å². The molecular weight excluding hydrogens is 208 g/mol. The number of methoxy groups -OCH3 is 1. The summed E-state index contributed by atoms with van der Waals surface area (Å²) >= 11 is 0. The number of rotatable bonds is 3. The second kappa shape index (κ2) is 4.25. The lowest BCUT2D eigenvalue weighted by atomic mass is 10.1. The third kappa shape index (κ3) is 1.61. The van der Waals surface area contributed by atoms with Crippen LogP contribution in [0.4, 0.5) is 5.69 Å². The maximum atomic E-state index is 11.4. The highest BCUT2D eigenvalue weighted by Crippen LogP contribution is 2.22. The summed E-state index contributed by atoms with van der Waals surface area (Å²) in [5.41, 5.74) is -0.416. The summed E-state index contributed by atoms with van der Waals surface area (Å²) in [4.78, 5) is 26.9. The van der Waals surface area contributed by atoms with E-state index in [4.69, 9.17) is 4.74 Å². The van der Waals surface area contributed by atoms with Crippen LogP contribution in [-0.4, -0.2) is 44.7 Å². The summed E-state index contributed by atoms with van der Waals surface area (Å²) < 4.78 is 4.94. The van der Waals surface area contributed by atoms with Crippen LogP contribution >= 0.6 is 0 Å². The standard InChI is InChI=1S/C11H16N2O3/c1-3-12-4-6-13(7-5-12)8-9(14)10(15)11(8)16-2/h3-7H2,1-2H3.